The lowest BCUT2D eigenvalue weighted by Crippen LogP contribution is -2.14. The molecule has 0 aliphatic carbocycles. The molecule has 4 nitrogen and oxygen atoms in total. The van der Waals surface area contributed by atoms with Crippen molar-refractivity contribution < 1.29 is 9.18 Å². The molecule has 0 saturated carbocycles. The molecule has 5 N–H and O–H groups in total. The summed E-state index contributed by atoms with van der Waals surface area (Å²) >= 11 is 3.36. The van der Waals surface area contributed by atoms with Gasteiger partial charge in [-0.2, -0.15) is 0 Å². The lowest BCUT2D eigenvalue weighted by atomic mass is 10.1. The second-order valence-corrected chi connectivity index (χ2v) is 5.28. The Hall–Kier alpha value is -2.08. The average molecular weight is 338 g/mol. The van der Waals surface area contributed by atoms with Crippen molar-refractivity contribution >= 4 is 38.9 Å². The van der Waals surface area contributed by atoms with Gasteiger partial charge in [0, 0.05) is 15.8 Å². The van der Waals surface area contributed by atoms with Crippen molar-refractivity contribution in [1.29, 1.82) is 0 Å². The maximum absolute atomic E-state index is 13.9. The van der Waals surface area contributed by atoms with E-state index in [1.54, 1.807) is 6.07 Å². The lowest BCUT2D eigenvalue weighted by molar-refractivity contribution is 0.100. The summed E-state index contributed by atoms with van der Waals surface area (Å²) in [7, 11) is 0. The number of halogens is 2. The molecule has 0 radical (unpaired) electrons. The third kappa shape index (κ3) is 2.91. The molecule has 0 atom stereocenters. The molecule has 0 bridgehead atoms. The van der Waals surface area contributed by atoms with Crippen LogP contribution in [0.3, 0.4) is 0 Å². The predicted octanol–water partition coefficient (Wildman–Crippen LogP) is 3.32. The maximum Gasteiger partial charge on any atom is 0.250 e. The Balaban J connectivity index is 2.43. The van der Waals surface area contributed by atoms with Gasteiger partial charge in [-0.15, -0.1) is 0 Å². The van der Waals surface area contributed by atoms with Crippen LogP contribution in [0.5, 0.6) is 0 Å². The van der Waals surface area contributed by atoms with Crippen LogP contribution in [0.2, 0.25) is 0 Å². The zero-order valence-corrected chi connectivity index (χ0v) is 12.3. The van der Waals surface area contributed by atoms with Gasteiger partial charge in [0.2, 0.25) is 0 Å². The molecule has 0 aliphatic heterocycles. The van der Waals surface area contributed by atoms with Crippen LogP contribution in [0.1, 0.15) is 15.9 Å². The van der Waals surface area contributed by atoms with Gasteiger partial charge in [0.1, 0.15) is 5.82 Å². The van der Waals surface area contributed by atoms with Crippen LogP contribution in [0.4, 0.5) is 21.5 Å². The number of nitrogens with two attached hydrogens (primary N) is 2. The molecule has 0 saturated heterocycles. The predicted molar refractivity (Wildman–Crippen MR) is 81.5 cm³/mol. The Labute approximate surface area is 124 Å². The number of aryl methyl sites for hydroxylation is 1. The monoisotopic (exact) mass is 337 g/mol. The van der Waals surface area contributed by atoms with Crippen molar-refractivity contribution in [3.05, 3.63) is 51.7 Å². The molecule has 104 valence electrons. The zero-order chi connectivity index (χ0) is 14.9. The second kappa shape index (κ2) is 5.50. The van der Waals surface area contributed by atoms with E-state index in [4.69, 9.17) is 11.5 Å². The van der Waals surface area contributed by atoms with Crippen LogP contribution in [0.15, 0.2) is 34.8 Å². The number of carbonyl (C=O) groups excluding carboxylic acids is 1. The first-order valence-electron chi connectivity index (χ1n) is 5.80. The highest BCUT2D eigenvalue weighted by Gasteiger charge is 2.12. The van der Waals surface area contributed by atoms with E-state index in [9.17, 15) is 9.18 Å². The second-order valence-electron chi connectivity index (χ2n) is 4.37. The van der Waals surface area contributed by atoms with E-state index >= 15 is 0 Å². The van der Waals surface area contributed by atoms with Crippen LogP contribution in [-0.2, 0) is 0 Å². The summed E-state index contributed by atoms with van der Waals surface area (Å²) in [5, 5.41) is 2.93. The fraction of sp³-hybridized carbons (Fsp3) is 0.0714. The Kier molecular flexibility index (Phi) is 3.94. The van der Waals surface area contributed by atoms with E-state index < -0.39 is 11.7 Å². The minimum absolute atomic E-state index is 0.0214. The summed E-state index contributed by atoms with van der Waals surface area (Å²) < 4.78 is 14.8. The highest BCUT2D eigenvalue weighted by atomic mass is 79.9. The van der Waals surface area contributed by atoms with Gasteiger partial charge in [0.05, 0.1) is 11.3 Å². The molecule has 0 fully saturated rings. The molecular formula is C14H13BrFN3O. The van der Waals surface area contributed by atoms with E-state index in [1.807, 2.05) is 19.1 Å². The highest BCUT2D eigenvalue weighted by molar-refractivity contribution is 9.10. The average Bonchev–Trinajstić information content (AvgIpc) is 2.35. The Morgan fingerprint density at radius 2 is 1.95 bits per heavy atom. The molecule has 0 aromatic heterocycles. The molecule has 1 amide bonds. The number of anilines is 3. The number of carbonyl (C=O) groups is 1. The summed E-state index contributed by atoms with van der Waals surface area (Å²) in [4.78, 5) is 11.2. The summed E-state index contributed by atoms with van der Waals surface area (Å²) in [6.45, 7) is 1.89. The number of rotatable bonds is 3. The van der Waals surface area contributed by atoms with Crippen molar-refractivity contribution in [3.63, 3.8) is 0 Å². The molecule has 2 rings (SSSR count). The van der Waals surface area contributed by atoms with Gasteiger partial charge in [-0.25, -0.2) is 4.39 Å². The zero-order valence-electron chi connectivity index (χ0n) is 10.7. The van der Waals surface area contributed by atoms with Crippen molar-refractivity contribution in [2.75, 3.05) is 11.1 Å². The van der Waals surface area contributed by atoms with Gasteiger partial charge in [-0.05, 0) is 42.8 Å². The summed E-state index contributed by atoms with van der Waals surface area (Å²) in [6, 6.07) is 7.93. The molecule has 20 heavy (non-hydrogen) atoms. The van der Waals surface area contributed by atoms with Gasteiger partial charge in [0.15, 0.2) is 0 Å². The molecule has 0 aliphatic rings. The van der Waals surface area contributed by atoms with E-state index in [0.29, 0.717) is 0 Å². The van der Waals surface area contributed by atoms with Crippen molar-refractivity contribution in [1.82, 2.24) is 0 Å². The number of nitrogens with one attached hydrogen (secondary N) is 1. The topological polar surface area (TPSA) is 81.1 Å². The van der Waals surface area contributed by atoms with Gasteiger partial charge in [-0.3, -0.25) is 4.79 Å². The first kappa shape index (κ1) is 14.3. The van der Waals surface area contributed by atoms with Gasteiger partial charge in [0.25, 0.3) is 5.91 Å². The quantitative estimate of drug-likeness (QED) is 0.751. The first-order valence-corrected chi connectivity index (χ1v) is 6.60. The van der Waals surface area contributed by atoms with Gasteiger partial charge in [-0.1, -0.05) is 15.9 Å². The summed E-state index contributed by atoms with van der Waals surface area (Å²) in [6.07, 6.45) is 0. The maximum atomic E-state index is 13.9. The first-order chi connectivity index (χ1) is 9.38. The fourth-order valence-electron chi connectivity index (χ4n) is 1.81. The molecule has 6 heteroatoms. The van der Waals surface area contributed by atoms with Crippen molar-refractivity contribution in [3.8, 4) is 0 Å². The van der Waals surface area contributed by atoms with Crippen LogP contribution < -0.4 is 16.8 Å². The SMILES string of the molecule is Cc1cc(Br)ccc1Nc1cc(C(N)=O)c(N)cc1F. The highest BCUT2D eigenvalue weighted by Crippen LogP contribution is 2.28. The number of primary amides is 1. The third-order valence-corrected chi connectivity index (χ3v) is 3.36. The van der Waals surface area contributed by atoms with E-state index in [1.165, 1.54) is 6.07 Å². The smallest absolute Gasteiger partial charge is 0.250 e. The van der Waals surface area contributed by atoms with E-state index in [2.05, 4.69) is 21.2 Å². The molecule has 2 aromatic carbocycles. The Morgan fingerprint density at radius 3 is 2.55 bits per heavy atom. The summed E-state index contributed by atoms with van der Waals surface area (Å²) in [5.41, 5.74) is 12.7. The van der Waals surface area contributed by atoms with Gasteiger partial charge >= 0.3 is 0 Å². The van der Waals surface area contributed by atoms with Crippen LogP contribution in [-0.4, -0.2) is 5.91 Å². The molecule has 0 spiro atoms. The Bertz CT molecular complexity index is 688. The normalized spacial score (nSPS) is 10.3. The Morgan fingerprint density at radius 1 is 1.25 bits per heavy atom. The minimum Gasteiger partial charge on any atom is -0.398 e. The largest absolute Gasteiger partial charge is 0.398 e. The van der Waals surface area contributed by atoms with Crippen molar-refractivity contribution in [2.45, 2.75) is 6.92 Å². The molecule has 2 aromatic rings. The molecular weight excluding hydrogens is 325 g/mol. The van der Waals surface area contributed by atoms with Gasteiger partial charge < -0.3 is 16.8 Å². The van der Waals surface area contributed by atoms with E-state index in [-0.39, 0.29) is 16.9 Å². The number of hydrogen-bond donors (Lipinski definition) is 3. The lowest BCUT2D eigenvalue weighted by Gasteiger charge is -2.12. The van der Waals surface area contributed by atoms with Crippen LogP contribution >= 0.6 is 15.9 Å². The third-order valence-electron chi connectivity index (χ3n) is 2.86. The van der Waals surface area contributed by atoms with Crippen LogP contribution in [0, 0.1) is 12.7 Å². The number of amides is 1. The van der Waals surface area contributed by atoms with Crippen molar-refractivity contribution in [2.24, 2.45) is 5.73 Å². The fourth-order valence-corrected chi connectivity index (χ4v) is 2.29. The number of hydrogen-bond acceptors (Lipinski definition) is 3. The number of benzene rings is 2. The molecule has 0 heterocycles. The standard InChI is InChI=1S/C14H13BrFN3O/c1-7-4-8(15)2-3-12(7)19-13-5-9(14(18)20)11(17)6-10(13)16/h2-6,19H,17H2,1H3,(H2,18,20). The molecule has 0 unspecified atom stereocenters. The summed E-state index contributed by atoms with van der Waals surface area (Å²) in [5.74, 6) is -1.24. The minimum atomic E-state index is -0.696. The number of nitrogen functional groups attached to an aromatic ring is 1. The van der Waals surface area contributed by atoms with Crippen LogP contribution in [0.25, 0.3) is 0 Å². The van der Waals surface area contributed by atoms with E-state index in [0.717, 1.165) is 21.8 Å².